The summed E-state index contributed by atoms with van der Waals surface area (Å²) in [5.74, 6) is -0.879. The number of rotatable bonds is 3. The van der Waals surface area contributed by atoms with Crippen molar-refractivity contribution in [1.82, 2.24) is 9.78 Å². The average Bonchev–Trinajstić information content (AvgIpc) is 2.96. The van der Waals surface area contributed by atoms with Gasteiger partial charge in [-0.3, -0.25) is 4.68 Å². The van der Waals surface area contributed by atoms with Gasteiger partial charge in [-0.1, -0.05) is 6.07 Å². The lowest BCUT2D eigenvalue weighted by atomic mass is 10.1. The Labute approximate surface area is 111 Å². The molecule has 0 atom stereocenters. The molecule has 0 unspecified atom stereocenters. The van der Waals surface area contributed by atoms with Crippen molar-refractivity contribution in [2.45, 2.75) is 13.0 Å². The van der Waals surface area contributed by atoms with Crippen molar-refractivity contribution in [3.63, 3.8) is 0 Å². The fraction of sp³-hybridized carbons (Fsp3) is 0.286. The first-order valence-corrected chi connectivity index (χ1v) is 6.22. The highest BCUT2D eigenvalue weighted by Gasteiger charge is 2.21. The molecule has 0 spiro atoms. The van der Waals surface area contributed by atoms with Crippen molar-refractivity contribution in [1.29, 1.82) is 0 Å². The number of aromatic nitrogens is 2. The predicted octanol–water partition coefficient (Wildman–Crippen LogP) is 1.68. The normalized spacial score (nSPS) is 13.6. The van der Waals surface area contributed by atoms with E-state index in [0.717, 1.165) is 30.8 Å². The van der Waals surface area contributed by atoms with Gasteiger partial charge in [0.25, 0.3) is 0 Å². The largest absolute Gasteiger partial charge is 0.478 e. The minimum Gasteiger partial charge on any atom is -0.478 e. The van der Waals surface area contributed by atoms with Crippen LogP contribution < -0.4 is 4.90 Å². The van der Waals surface area contributed by atoms with E-state index in [1.807, 2.05) is 25.5 Å². The van der Waals surface area contributed by atoms with Gasteiger partial charge < -0.3 is 10.0 Å². The van der Waals surface area contributed by atoms with E-state index in [0.29, 0.717) is 5.56 Å². The number of anilines is 1. The van der Waals surface area contributed by atoms with Crippen LogP contribution in [0.25, 0.3) is 0 Å². The third-order valence-electron chi connectivity index (χ3n) is 3.46. The molecular formula is C14H15N3O2. The monoisotopic (exact) mass is 257 g/mol. The summed E-state index contributed by atoms with van der Waals surface area (Å²) >= 11 is 0. The second-order valence-corrected chi connectivity index (χ2v) is 4.84. The number of hydrogen-bond donors (Lipinski definition) is 1. The number of aromatic carboxylic acids is 1. The first-order chi connectivity index (χ1) is 9.13. The second kappa shape index (κ2) is 4.42. The molecule has 1 aromatic carbocycles. The minimum absolute atomic E-state index is 0.344. The number of hydrogen-bond acceptors (Lipinski definition) is 3. The molecule has 0 bridgehead atoms. The first kappa shape index (κ1) is 11.8. The van der Waals surface area contributed by atoms with Gasteiger partial charge in [-0.15, -0.1) is 0 Å². The van der Waals surface area contributed by atoms with Crippen molar-refractivity contribution in [3.05, 3.63) is 47.3 Å². The molecule has 0 amide bonds. The van der Waals surface area contributed by atoms with E-state index >= 15 is 0 Å². The Morgan fingerprint density at radius 2 is 2.32 bits per heavy atom. The summed E-state index contributed by atoms with van der Waals surface area (Å²) in [6, 6.07) is 5.36. The van der Waals surface area contributed by atoms with Gasteiger partial charge in [0.1, 0.15) is 0 Å². The molecule has 2 heterocycles. The zero-order chi connectivity index (χ0) is 13.4. The molecule has 1 aromatic heterocycles. The molecule has 0 saturated heterocycles. The van der Waals surface area contributed by atoms with Gasteiger partial charge >= 0.3 is 5.97 Å². The summed E-state index contributed by atoms with van der Waals surface area (Å²) in [4.78, 5) is 13.2. The molecule has 5 heteroatoms. The second-order valence-electron chi connectivity index (χ2n) is 4.84. The number of carbonyl (C=O) groups is 1. The van der Waals surface area contributed by atoms with Gasteiger partial charge in [0.05, 0.1) is 11.8 Å². The van der Waals surface area contributed by atoms with Gasteiger partial charge in [-0.2, -0.15) is 5.10 Å². The van der Waals surface area contributed by atoms with Crippen molar-refractivity contribution in [2.24, 2.45) is 7.05 Å². The number of benzene rings is 1. The topological polar surface area (TPSA) is 58.4 Å². The van der Waals surface area contributed by atoms with Crippen LogP contribution in [0.4, 0.5) is 5.69 Å². The zero-order valence-corrected chi connectivity index (χ0v) is 10.7. The Bertz CT molecular complexity index is 633. The smallest absolute Gasteiger partial charge is 0.335 e. The summed E-state index contributed by atoms with van der Waals surface area (Å²) < 4.78 is 1.78. The molecule has 0 radical (unpaired) electrons. The van der Waals surface area contributed by atoms with Crippen LogP contribution in [0, 0.1) is 0 Å². The van der Waals surface area contributed by atoms with Gasteiger partial charge in [0.2, 0.25) is 0 Å². The lowest BCUT2D eigenvalue weighted by molar-refractivity contribution is 0.0697. The van der Waals surface area contributed by atoms with E-state index in [4.69, 9.17) is 5.11 Å². The van der Waals surface area contributed by atoms with E-state index in [1.54, 1.807) is 16.8 Å². The SMILES string of the molecule is Cn1cc(CN2CCc3ccc(C(=O)O)cc32)cn1. The van der Waals surface area contributed by atoms with Crippen molar-refractivity contribution in [3.8, 4) is 0 Å². The van der Waals surface area contributed by atoms with Crippen LogP contribution in [0.15, 0.2) is 30.6 Å². The van der Waals surface area contributed by atoms with Crippen LogP contribution in [0.5, 0.6) is 0 Å². The van der Waals surface area contributed by atoms with E-state index in [2.05, 4.69) is 10.00 Å². The first-order valence-electron chi connectivity index (χ1n) is 6.22. The number of carboxylic acids is 1. The quantitative estimate of drug-likeness (QED) is 0.909. The van der Waals surface area contributed by atoms with Crippen molar-refractivity contribution < 1.29 is 9.90 Å². The Balaban J connectivity index is 1.88. The van der Waals surface area contributed by atoms with Crippen molar-refractivity contribution >= 4 is 11.7 Å². The molecule has 0 aliphatic carbocycles. The summed E-state index contributed by atoms with van der Waals surface area (Å²) in [6.45, 7) is 1.69. The van der Waals surface area contributed by atoms with Crippen molar-refractivity contribution in [2.75, 3.05) is 11.4 Å². The van der Waals surface area contributed by atoms with Gasteiger partial charge in [-0.05, 0) is 24.1 Å². The van der Waals surface area contributed by atoms with Crippen LogP contribution in [0.3, 0.4) is 0 Å². The minimum atomic E-state index is -0.879. The van der Waals surface area contributed by atoms with E-state index in [-0.39, 0.29) is 0 Å². The Morgan fingerprint density at radius 1 is 1.47 bits per heavy atom. The van der Waals surface area contributed by atoms with Crippen LogP contribution in [0.1, 0.15) is 21.5 Å². The number of fused-ring (bicyclic) bond motifs is 1. The van der Waals surface area contributed by atoms with Crippen LogP contribution in [-0.4, -0.2) is 27.4 Å². The highest BCUT2D eigenvalue weighted by atomic mass is 16.4. The maximum atomic E-state index is 11.0. The molecule has 3 rings (SSSR count). The molecular weight excluding hydrogens is 242 g/mol. The molecule has 0 fully saturated rings. The van der Waals surface area contributed by atoms with Crippen LogP contribution >= 0.6 is 0 Å². The Morgan fingerprint density at radius 3 is 3.00 bits per heavy atom. The number of nitrogens with zero attached hydrogens (tertiary/aromatic N) is 3. The van der Waals surface area contributed by atoms with Gasteiger partial charge in [-0.25, -0.2) is 4.79 Å². The molecule has 2 aromatic rings. The van der Waals surface area contributed by atoms with Gasteiger partial charge in [0.15, 0.2) is 0 Å². The van der Waals surface area contributed by atoms with E-state index in [9.17, 15) is 4.79 Å². The van der Waals surface area contributed by atoms with Crippen LogP contribution in [0.2, 0.25) is 0 Å². The standard InChI is InChI=1S/C14H15N3O2/c1-16-8-10(7-15-16)9-17-5-4-11-2-3-12(14(18)19)6-13(11)17/h2-3,6-8H,4-5,9H2,1H3,(H,18,19). The fourth-order valence-electron chi connectivity index (χ4n) is 2.52. The molecule has 0 saturated carbocycles. The highest BCUT2D eigenvalue weighted by Crippen LogP contribution is 2.30. The molecule has 98 valence electrons. The van der Waals surface area contributed by atoms with E-state index < -0.39 is 5.97 Å². The summed E-state index contributed by atoms with van der Waals surface area (Å²) in [5, 5.41) is 13.2. The number of aryl methyl sites for hydroxylation is 1. The third-order valence-corrected chi connectivity index (χ3v) is 3.46. The molecule has 1 aliphatic rings. The fourth-order valence-corrected chi connectivity index (χ4v) is 2.52. The molecule has 1 aliphatic heterocycles. The molecule has 5 nitrogen and oxygen atoms in total. The van der Waals surface area contributed by atoms with Gasteiger partial charge in [0, 0.05) is 37.6 Å². The maximum Gasteiger partial charge on any atom is 0.335 e. The predicted molar refractivity (Wildman–Crippen MR) is 71.4 cm³/mol. The van der Waals surface area contributed by atoms with E-state index in [1.165, 1.54) is 5.56 Å². The lowest BCUT2D eigenvalue weighted by Gasteiger charge is -2.18. The Kier molecular flexibility index (Phi) is 2.74. The lowest BCUT2D eigenvalue weighted by Crippen LogP contribution is -2.19. The summed E-state index contributed by atoms with van der Waals surface area (Å²) in [7, 11) is 1.89. The summed E-state index contributed by atoms with van der Waals surface area (Å²) in [5.41, 5.74) is 3.73. The average molecular weight is 257 g/mol. The zero-order valence-electron chi connectivity index (χ0n) is 10.7. The highest BCUT2D eigenvalue weighted by molar-refractivity contribution is 5.89. The van der Waals surface area contributed by atoms with Crippen LogP contribution in [-0.2, 0) is 20.0 Å². The molecule has 1 N–H and O–H groups in total. The maximum absolute atomic E-state index is 11.0. The third kappa shape index (κ3) is 2.19. The number of carboxylic acid groups (broad SMARTS) is 1. The molecule has 19 heavy (non-hydrogen) atoms. The Hall–Kier alpha value is -2.30. The summed E-state index contributed by atoms with van der Waals surface area (Å²) in [6.07, 6.45) is 4.80.